The van der Waals surface area contributed by atoms with Crippen molar-refractivity contribution >= 4 is 35.2 Å². The molecule has 0 radical (unpaired) electrons. The molecule has 4 rings (SSSR count). The summed E-state index contributed by atoms with van der Waals surface area (Å²) in [6.45, 7) is 0.933. The monoisotopic (exact) mass is 412 g/mol. The van der Waals surface area contributed by atoms with Crippen LogP contribution in [0.1, 0.15) is 43.0 Å². The highest BCUT2D eigenvalue weighted by Crippen LogP contribution is 2.56. The largest absolute Gasteiger partial charge is 0.456 e. The van der Waals surface area contributed by atoms with Crippen molar-refractivity contribution in [3.8, 4) is 0 Å². The van der Waals surface area contributed by atoms with Crippen molar-refractivity contribution in [2.24, 2.45) is 23.7 Å². The quantitative estimate of drug-likeness (QED) is 0.415. The van der Waals surface area contributed by atoms with Crippen molar-refractivity contribution in [3.05, 3.63) is 29.8 Å². The Kier molecular flexibility index (Phi) is 5.40. The molecular formula is C22H24N2O6. The number of anilines is 1. The van der Waals surface area contributed by atoms with Crippen molar-refractivity contribution in [3.63, 3.8) is 0 Å². The minimum absolute atomic E-state index is 0.00871. The van der Waals surface area contributed by atoms with Gasteiger partial charge in [-0.3, -0.25) is 28.9 Å². The van der Waals surface area contributed by atoms with Gasteiger partial charge in [0, 0.05) is 17.8 Å². The zero-order chi connectivity index (χ0) is 21.4. The van der Waals surface area contributed by atoms with Gasteiger partial charge >= 0.3 is 5.97 Å². The smallest absolute Gasteiger partial charge is 0.308 e. The highest BCUT2D eigenvalue weighted by Gasteiger charge is 2.60. The second kappa shape index (κ2) is 8.01. The molecule has 2 saturated carbocycles. The number of nitrogens with zero attached hydrogens (tertiary/aromatic N) is 1. The lowest BCUT2D eigenvalue weighted by atomic mass is 9.81. The van der Waals surface area contributed by atoms with E-state index in [1.807, 2.05) is 0 Å². The molecule has 2 bridgehead atoms. The van der Waals surface area contributed by atoms with Crippen LogP contribution < -0.4 is 5.32 Å². The summed E-state index contributed by atoms with van der Waals surface area (Å²) in [6, 6.07) is 6.44. The maximum atomic E-state index is 12.6. The van der Waals surface area contributed by atoms with E-state index >= 15 is 0 Å². The van der Waals surface area contributed by atoms with Gasteiger partial charge in [0.05, 0.1) is 18.3 Å². The van der Waals surface area contributed by atoms with Crippen LogP contribution in [0.4, 0.5) is 5.69 Å². The molecular weight excluding hydrogens is 388 g/mol. The van der Waals surface area contributed by atoms with Crippen molar-refractivity contribution in [1.29, 1.82) is 0 Å². The van der Waals surface area contributed by atoms with Gasteiger partial charge in [-0.1, -0.05) is 12.1 Å². The SMILES string of the molecule is CC(=O)c1cccc(NC(=O)COC(=O)CCN2C(=O)[C@@H]3[C@H]4CC[C@@H](C4)[C@H]3C2=O)c1. The van der Waals surface area contributed by atoms with Crippen molar-refractivity contribution in [2.75, 3.05) is 18.5 Å². The van der Waals surface area contributed by atoms with E-state index in [2.05, 4.69) is 5.32 Å². The predicted octanol–water partition coefficient (Wildman–Crippen LogP) is 1.79. The van der Waals surface area contributed by atoms with Crippen LogP contribution in [0, 0.1) is 23.7 Å². The summed E-state index contributed by atoms with van der Waals surface area (Å²) < 4.78 is 4.97. The Bertz CT molecular complexity index is 898. The van der Waals surface area contributed by atoms with Crippen LogP contribution in [-0.2, 0) is 23.9 Å². The van der Waals surface area contributed by atoms with E-state index in [0.717, 1.165) is 19.3 Å². The minimum atomic E-state index is -0.650. The number of amides is 3. The van der Waals surface area contributed by atoms with Crippen LogP contribution in [0.2, 0.25) is 0 Å². The summed E-state index contributed by atoms with van der Waals surface area (Å²) in [5.74, 6) is -1.43. The molecule has 4 atom stereocenters. The van der Waals surface area contributed by atoms with Gasteiger partial charge in [0.15, 0.2) is 12.4 Å². The first-order valence-electron chi connectivity index (χ1n) is 10.3. The molecule has 3 amide bonds. The van der Waals surface area contributed by atoms with Crippen LogP contribution in [0.3, 0.4) is 0 Å². The Labute approximate surface area is 173 Å². The molecule has 3 fully saturated rings. The Hall–Kier alpha value is -3.03. The molecule has 1 aromatic rings. The van der Waals surface area contributed by atoms with Crippen molar-refractivity contribution < 1.29 is 28.7 Å². The molecule has 1 aliphatic heterocycles. The molecule has 30 heavy (non-hydrogen) atoms. The molecule has 1 aromatic carbocycles. The predicted molar refractivity (Wildman–Crippen MR) is 105 cm³/mol. The molecule has 158 valence electrons. The lowest BCUT2D eigenvalue weighted by molar-refractivity contribution is -0.149. The number of ketones is 1. The minimum Gasteiger partial charge on any atom is -0.456 e. The number of ether oxygens (including phenoxy) is 1. The molecule has 8 nitrogen and oxygen atoms in total. The molecule has 0 aromatic heterocycles. The van der Waals surface area contributed by atoms with E-state index in [0.29, 0.717) is 23.1 Å². The summed E-state index contributed by atoms with van der Waals surface area (Å²) in [6.07, 6.45) is 2.84. The zero-order valence-corrected chi connectivity index (χ0v) is 16.8. The van der Waals surface area contributed by atoms with Crippen LogP contribution in [0.15, 0.2) is 24.3 Å². The second-order valence-electron chi connectivity index (χ2n) is 8.31. The molecule has 1 N–H and O–H groups in total. The van der Waals surface area contributed by atoms with E-state index in [1.165, 1.54) is 17.9 Å². The van der Waals surface area contributed by atoms with Gasteiger partial charge < -0.3 is 10.1 Å². The Balaban J connectivity index is 1.23. The van der Waals surface area contributed by atoms with Crippen LogP contribution in [-0.4, -0.2) is 47.5 Å². The Morgan fingerprint density at radius 1 is 1.10 bits per heavy atom. The van der Waals surface area contributed by atoms with Gasteiger partial charge in [-0.15, -0.1) is 0 Å². The number of rotatable bonds is 7. The summed E-state index contributed by atoms with van der Waals surface area (Å²) >= 11 is 0. The van der Waals surface area contributed by atoms with Gasteiger partial charge in [0.1, 0.15) is 0 Å². The lowest BCUT2D eigenvalue weighted by Gasteiger charge is -2.19. The fraction of sp³-hybridized carbons (Fsp3) is 0.500. The molecule has 2 aliphatic carbocycles. The fourth-order valence-electron chi connectivity index (χ4n) is 5.13. The number of esters is 1. The van der Waals surface area contributed by atoms with E-state index in [1.54, 1.807) is 18.2 Å². The van der Waals surface area contributed by atoms with E-state index in [9.17, 15) is 24.0 Å². The standard InChI is InChI=1S/C22H24N2O6/c1-12(25)13-3-2-4-16(10-13)23-17(26)11-30-18(27)7-8-24-21(28)19-14-5-6-15(9-14)20(19)22(24)29/h2-4,10,14-15,19-20H,5-9,11H2,1H3,(H,23,26)/t14-,15-,19+,20+/m0/s1. The molecule has 8 heteroatoms. The number of benzene rings is 1. The van der Waals surface area contributed by atoms with E-state index < -0.39 is 18.5 Å². The summed E-state index contributed by atoms with van der Waals surface area (Å²) in [4.78, 5) is 61.8. The third kappa shape index (κ3) is 3.74. The topological polar surface area (TPSA) is 110 Å². The van der Waals surface area contributed by atoms with Crippen molar-refractivity contribution in [2.45, 2.75) is 32.6 Å². The van der Waals surface area contributed by atoms with Gasteiger partial charge in [0.2, 0.25) is 11.8 Å². The van der Waals surface area contributed by atoms with E-state index in [-0.39, 0.29) is 42.4 Å². The first kappa shape index (κ1) is 20.3. The van der Waals surface area contributed by atoms with Gasteiger partial charge in [-0.2, -0.15) is 0 Å². The summed E-state index contributed by atoms with van der Waals surface area (Å²) in [7, 11) is 0. The number of hydrogen-bond acceptors (Lipinski definition) is 6. The number of likely N-dealkylation sites (tertiary alicyclic amines) is 1. The maximum absolute atomic E-state index is 12.6. The van der Waals surface area contributed by atoms with Crippen LogP contribution >= 0.6 is 0 Å². The molecule has 3 aliphatic rings. The number of Topliss-reactive ketones (excluding diaryl/α,β-unsaturated/α-hetero) is 1. The zero-order valence-electron chi connectivity index (χ0n) is 16.8. The third-order valence-electron chi connectivity index (χ3n) is 6.48. The lowest BCUT2D eigenvalue weighted by Crippen LogP contribution is -2.35. The summed E-state index contributed by atoms with van der Waals surface area (Å²) in [5, 5.41) is 2.56. The highest BCUT2D eigenvalue weighted by molar-refractivity contribution is 6.06. The first-order chi connectivity index (χ1) is 14.3. The number of imide groups is 1. The number of carbonyl (C=O) groups is 5. The van der Waals surface area contributed by atoms with Crippen LogP contribution in [0.25, 0.3) is 0 Å². The average Bonchev–Trinajstić information content (AvgIpc) is 3.39. The molecule has 0 unspecified atom stereocenters. The number of carbonyl (C=O) groups excluding carboxylic acids is 5. The highest BCUT2D eigenvalue weighted by atomic mass is 16.5. The number of fused-ring (bicyclic) bond motifs is 5. The van der Waals surface area contributed by atoms with Crippen LogP contribution in [0.5, 0.6) is 0 Å². The first-order valence-corrected chi connectivity index (χ1v) is 10.3. The molecule has 0 spiro atoms. The Morgan fingerprint density at radius 2 is 1.77 bits per heavy atom. The second-order valence-corrected chi connectivity index (χ2v) is 8.31. The van der Waals surface area contributed by atoms with Gasteiger partial charge in [0.25, 0.3) is 5.91 Å². The van der Waals surface area contributed by atoms with E-state index in [4.69, 9.17) is 4.74 Å². The van der Waals surface area contributed by atoms with Crippen molar-refractivity contribution in [1.82, 2.24) is 4.90 Å². The third-order valence-corrected chi connectivity index (χ3v) is 6.48. The Morgan fingerprint density at radius 3 is 2.40 bits per heavy atom. The van der Waals surface area contributed by atoms with Gasteiger partial charge in [-0.25, -0.2) is 0 Å². The maximum Gasteiger partial charge on any atom is 0.308 e. The van der Waals surface area contributed by atoms with Gasteiger partial charge in [-0.05, 0) is 50.2 Å². The average molecular weight is 412 g/mol. The number of nitrogens with one attached hydrogen (secondary N) is 1. The fourth-order valence-corrected chi connectivity index (χ4v) is 5.13. The number of hydrogen-bond donors (Lipinski definition) is 1. The normalized spacial score (nSPS) is 26.6. The molecule has 1 saturated heterocycles. The summed E-state index contributed by atoms with van der Waals surface area (Å²) in [5.41, 5.74) is 0.890. The molecule has 1 heterocycles.